The molecule has 3 rings (SSSR count). The number of halogens is 1. The van der Waals surface area contributed by atoms with Gasteiger partial charge < -0.3 is 19.6 Å². The van der Waals surface area contributed by atoms with Crippen molar-refractivity contribution in [1.82, 2.24) is 9.80 Å². The van der Waals surface area contributed by atoms with Crippen LogP contribution in [0.4, 0.5) is 0 Å². The summed E-state index contributed by atoms with van der Waals surface area (Å²) in [5.74, 6) is -0.765. The molecule has 1 N–H and O–H groups in total. The van der Waals surface area contributed by atoms with Crippen molar-refractivity contribution in [1.29, 1.82) is 0 Å². The van der Waals surface area contributed by atoms with E-state index in [4.69, 9.17) is 16.3 Å². The van der Waals surface area contributed by atoms with E-state index in [1.165, 1.54) is 0 Å². The molecule has 7 heteroatoms. The van der Waals surface area contributed by atoms with Gasteiger partial charge in [0.25, 0.3) is 11.7 Å². The van der Waals surface area contributed by atoms with Crippen LogP contribution in [0.2, 0.25) is 5.02 Å². The van der Waals surface area contributed by atoms with Crippen LogP contribution in [-0.4, -0.2) is 60.4 Å². The lowest BCUT2D eigenvalue weighted by atomic mass is 9.94. The van der Waals surface area contributed by atoms with Gasteiger partial charge in [0, 0.05) is 17.1 Å². The molecule has 1 atom stereocenters. The van der Waals surface area contributed by atoms with E-state index in [-0.39, 0.29) is 11.3 Å². The fourth-order valence-corrected chi connectivity index (χ4v) is 4.06. The number of likely N-dealkylation sites (tertiary alicyclic amines) is 1. The van der Waals surface area contributed by atoms with Gasteiger partial charge in [-0.25, -0.2) is 0 Å². The molecule has 0 aliphatic carbocycles. The average molecular weight is 457 g/mol. The fraction of sp³-hybridized carbons (Fsp3) is 0.360. The highest BCUT2D eigenvalue weighted by Crippen LogP contribution is 2.40. The van der Waals surface area contributed by atoms with E-state index in [9.17, 15) is 14.7 Å². The van der Waals surface area contributed by atoms with Crippen LogP contribution in [0.5, 0.6) is 5.75 Å². The Morgan fingerprint density at radius 3 is 2.44 bits per heavy atom. The summed E-state index contributed by atoms with van der Waals surface area (Å²) >= 11 is 6.06. The van der Waals surface area contributed by atoms with E-state index >= 15 is 0 Å². The molecule has 170 valence electrons. The molecule has 1 amide bonds. The number of carbonyl (C=O) groups excluding carboxylic acids is 2. The van der Waals surface area contributed by atoms with Crippen LogP contribution in [0, 0.1) is 6.92 Å². The number of aliphatic hydroxyl groups is 1. The normalized spacial score (nSPS) is 17.9. The van der Waals surface area contributed by atoms with Gasteiger partial charge in [0.2, 0.25) is 0 Å². The molecule has 6 nitrogen and oxygen atoms in total. The van der Waals surface area contributed by atoms with Crippen LogP contribution >= 0.6 is 11.6 Å². The number of nitrogens with zero attached hydrogens (tertiary/aromatic N) is 2. The largest absolute Gasteiger partial charge is 0.507 e. The van der Waals surface area contributed by atoms with Crippen LogP contribution in [0.25, 0.3) is 5.76 Å². The molecule has 0 radical (unpaired) electrons. The molecular weight excluding hydrogens is 428 g/mol. The highest BCUT2D eigenvalue weighted by atomic mass is 35.5. The molecule has 0 spiro atoms. The van der Waals surface area contributed by atoms with Crippen molar-refractivity contribution in [2.24, 2.45) is 0 Å². The second kappa shape index (κ2) is 10.2. The van der Waals surface area contributed by atoms with Gasteiger partial charge in [-0.15, -0.1) is 0 Å². The Hall–Kier alpha value is -2.83. The zero-order chi connectivity index (χ0) is 23.4. The summed E-state index contributed by atoms with van der Waals surface area (Å²) in [5.41, 5.74) is 2.11. The maximum absolute atomic E-state index is 13.1. The van der Waals surface area contributed by atoms with Crippen molar-refractivity contribution in [3.63, 3.8) is 0 Å². The van der Waals surface area contributed by atoms with E-state index in [1.54, 1.807) is 47.4 Å². The molecular formula is C25H29ClN2O4. The standard InChI is InChI=1S/C25H29ClN2O4/c1-5-32-20-12-9-18(15-16(20)2)23(29)21-22(17-7-10-19(26)11-8-17)28(25(31)24(21)30)14-6-13-27(3)4/h7-12,15,22,29H,5-6,13-14H2,1-4H3/t22-/m1/s1. The Balaban J connectivity index is 2.08. The summed E-state index contributed by atoms with van der Waals surface area (Å²) < 4.78 is 5.57. The molecule has 0 bridgehead atoms. The van der Waals surface area contributed by atoms with E-state index in [2.05, 4.69) is 0 Å². The molecule has 0 aromatic heterocycles. The first kappa shape index (κ1) is 23.8. The third-order valence-electron chi connectivity index (χ3n) is 5.48. The minimum atomic E-state index is -0.682. The zero-order valence-electron chi connectivity index (χ0n) is 18.9. The lowest BCUT2D eigenvalue weighted by Crippen LogP contribution is -2.32. The van der Waals surface area contributed by atoms with E-state index in [1.807, 2.05) is 32.8 Å². The summed E-state index contributed by atoms with van der Waals surface area (Å²) in [6.45, 7) is 5.47. The predicted octanol–water partition coefficient (Wildman–Crippen LogP) is 4.42. The first-order valence-electron chi connectivity index (χ1n) is 10.7. The maximum atomic E-state index is 13.1. The zero-order valence-corrected chi connectivity index (χ0v) is 19.6. The van der Waals surface area contributed by atoms with Crippen LogP contribution in [0.3, 0.4) is 0 Å². The van der Waals surface area contributed by atoms with Crippen molar-refractivity contribution in [3.8, 4) is 5.75 Å². The van der Waals surface area contributed by atoms with Crippen molar-refractivity contribution in [2.45, 2.75) is 26.3 Å². The number of rotatable bonds is 8. The number of hydrogen-bond acceptors (Lipinski definition) is 5. The third kappa shape index (κ3) is 4.97. The smallest absolute Gasteiger partial charge is 0.295 e. The molecule has 0 unspecified atom stereocenters. The number of carbonyl (C=O) groups is 2. The number of aryl methyl sites for hydroxylation is 1. The second-order valence-corrected chi connectivity index (χ2v) is 8.55. The second-order valence-electron chi connectivity index (χ2n) is 8.11. The number of benzene rings is 2. The van der Waals surface area contributed by atoms with E-state index < -0.39 is 17.7 Å². The Morgan fingerprint density at radius 1 is 1.16 bits per heavy atom. The van der Waals surface area contributed by atoms with Gasteiger partial charge in [0.15, 0.2) is 0 Å². The highest BCUT2D eigenvalue weighted by molar-refractivity contribution is 6.46. The summed E-state index contributed by atoms with van der Waals surface area (Å²) in [5, 5.41) is 11.7. The molecule has 1 aliphatic rings. The van der Waals surface area contributed by atoms with E-state index in [0.29, 0.717) is 35.9 Å². The number of hydrogen-bond donors (Lipinski definition) is 1. The van der Waals surface area contributed by atoms with Crippen molar-refractivity contribution in [3.05, 3.63) is 69.8 Å². The van der Waals surface area contributed by atoms with Crippen molar-refractivity contribution < 1.29 is 19.4 Å². The monoisotopic (exact) mass is 456 g/mol. The predicted molar refractivity (Wildman–Crippen MR) is 126 cm³/mol. The van der Waals surface area contributed by atoms with Crippen molar-refractivity contribution in [2.75, 3.05) is 33.8 Å². The number of aliphatic hydroxyl groups excluding tert-OH is 1. The minimum absolute atomic E-state index is 0.0886. The third-order valence-corrected chi connectivity index (χ3v) is 5.73. The van der Waals surface area contributed by atoms with Crippen LogP contribution in [0.1, 0.15) is 36.1 Å². The van der Waals surface area contributed by atoms with Gasteiger partial charge in [-0.2, -0.15) is 0 Å². The van der Waals surface area contributed by atoms with Gasteiger partial charge in [-0.1, -0.05) is 23.7 Å². The fourth-order valence-electron chi connectivity index (χ4n) is 3.93. The molecule has 1 fully saturated rings. The van der Waals surface area contributed by atoms with Gasteiger partial charge >= 0.3 is 0 Å². The average Bonchev–Trinajstić information content (AvgIpc) is 3.00. The topological polar surface area (TPSA) is 70.1 Å². The molecule has 0 saturated carbocycles. The quantitative estimate of drug-likeness (QED) is 0.361. The van der Waals surface area contributed by atoms with Crippen LogP contribution < -0.4 is 4.74 Å². The highest BCUT2D eigenvalue weighted by Gasteiger charge is 2.45. The lowest BCUT2D eigenvalue weighted by Gasteiger charge is -2.26. The van der Waals surface area contributed by atoms with Gasteiger partial charge in [0.1, 0.15) is 11.5 Å². The maximum Gasteiger partial charge on any atom is 0.295 e. The first-order chi connectivity index (χ1) is 15.2. The summed E-state index contributed by atoms with van der Waals surface area (Å²) in [6.07, 6.45) is 0.701. The summed E-state index contributed by atoms with van der Waals surface area (Å²) in [4.78, 5) is 29.6. The van der Waals surface area contributed by atoms with Gasteiger partial charge in [0.05, 0.1) is 18.2 Å². The van der Waals surface area contributed by atoms with Crippen LogP contribution in [-0.2, 0) is 9.59 Å². The Morgan fingerprint density at radius 2 is 1.84 bits per heavy atom. The van der Waals surface area contributed by atoms with Crippen LogP contribution in [0.15, 0.2) is 48.0 Å². The number of ether oxygens (including phenoxy) is 1. The molecule has 2 aromatic rings. The Labute approximate surface area is 194 Å². The molecule has 2 aromatic carbocycles. The van der Waals surface area contributed by atoms with Gasteiger partial charge in [-0.05, 0) is 82.4 Å². The summed E-state index contributed by atoms with van der Waals surface area (Å²) in [6, 6.07) is 11.6. The molecule has 32 heavy (non-hydrogen) atoms. The number of ketones is 1. The van der Waals surface area contributed by atoms with Crippen molar-refractivity contribution >= 4 is 29.1 Å². The first-order valence-corrected chi connectivity index (χ1v) is 11.0. The Kier molecular flexibility index (Phi) is 7.59. The SMILES string of the molecule is CCOc1ccc(C(O)=C2C(=O)C(=O)N(CCCN(C)C)[C@@H]2c2ccc(Cl)cc2)cc1C. The lowest BCUT2D eigenvalue weighted by molar-refractivity contribution is -0.139. The number of amides is 1. The molecule has 1 heterocycles. The van der Waals surface area contributed by atoms with Gasteiger partial charge in [-0.3, -0.25) is 9.59 Å². The van der Waals surface area contributed by atoms with E-state index in [0.717, 1.165) is 17.7 Å². The molecule has 1 saturated heterocycles. The number of Topliss-reactive ketones (excluding diaryl/α,β-unsaturated/α-hetero) is 1. The Bertz CT molecular complexity index is 1030. The minimum Gasteiger partial charge on any atom is -0.507 e. The molecule has 1 aliphatic heterocycles. The summed E-state index contributed by atoms with van der Waals surface area (Å²) in [7, 11) is 3.91.